The standard InChI is InChI=1S/C25H27ClN2O5S/c1-16(2)32-23-8-7-19(11-17(23)3)24-13-22(27-33-24)25(29)28(21-9-10-34(30,31)15-21)14-18-5-4-6-20(26)12-18/h4-8,11-13,16,21H,9-10,14-15H2,1-3H3. The molecular formula is C25H27ClN2O5S. The molecule has 0 N–H and O–H groups in total. The summed E-state index contributed by atoms with van der Waals surface area (Å²) in [5.74, 6) is 0.841. The molecule has 0 saturated carbocycles. The molecule has 4 rings (SSSR count). The third-order valence-corrected chi connectivity index (χ3v) is 7.69. The summed E-state index contributed by atoms with van der Waals surface area (Å²) in [4.78, 5) is 15.0. The second kappa shape index (κ2) is 9.80. The number of rotatable bonds is 7. The van der Waals surface area contributed by atoms with Crippen LogP contribution in [0.5, 0.6) is 5.75 Å². The van der Waals surface area contributed by atoms with E-state index in [2.05, 4.69) is 5.16 Å². The van der Waals surface area contributed by atoms with Gasteiger partial charge in [-0.3, -0.25) is 4.79 Å². The molecular weight excluding hydrogens is 476 g/mol. The van der Waals surface area contributed by atoms with Crippen LogP contribution in [0.1, 0.15) is 41.9 Å². The van der Waals surface area contributed by atoms with E-state index in [0.717, 1.165) is 22.4 Å². The van der Waals surface area contributed by atoms with Crippen molar-refractivity contribution in [2.24, 2.45) is 0 Å². The smallest absolute Gasteiger partial charge is 0.276 e. The summed E-state index contributed by atoms with van der Waals surface area (Å²) in [6.07, 6.45) is 0.444. The third-order valence-electron chi connectivity index (χ3n) is 5.70. The Balaban J connectivity index is 1.60. The monoisotopic (exact) mass is 502 g/mol. The number of sulfone groups is 1. The molecule has 1 aromatic heterocycles. The molecule has 1 aliphatic heterocycles. The Morgan fingerprint density at radius 1 is 1.24 bits per heavy atom. The van der Waals surface area contributed by atoms with Crippen LogP contribution in [0.4, 0.5) is 0 Å². The van der Waals surface area contributed by atoms with Gasteiger partial charge in [-0.2, -0.15) is 0 Å². The molecule has 2 heterocycles. The lowest BCUT2D eigenvalue weighted by molar-refractivity contribution is 0.0670. The van der Waals surface area contributed by atoms with E-state index in [1.807, 2.05) is 45.0 Å². The van der Waals surface area contributed by atoms with Crippen LogP contribution in [0.15, 0.2) is 53.1 Å². The number of aromatic nitrogens is 1. The lowest BCUT2D eigenvalue weighted by Gasteiger charge is -2.27. The van der Waals surface area contributed by atoms with Crippen molar-refractivity contribution in [1.82, 2.24) is 10.1 Å². The molecule has 2 aromatic carbocycles. The van der Waals surface area contributed by atoms with E-state index in [-0.39, 0.29) is 35.8 Å². The highest BCUT2D eigenvalue weighted by molar-refractivity contribution is 7.91. The van der Waals surface area contributed by atoms with Gasteiger partial charge in [0.25, 0.3) is 5.91 Å². The maximum atomic E-state index is 13.5. The second-order valence-corrected chi connectivity index (χ2v) is 11.5. The molecule has 9 heteroatoms. The summed E-state index contributed by atoms with van der Waals surface area (Å²) < 4.78 is 35.5. The van der Waals surface area contributed by atoms with Crippen molar-refractivity contribution in [1.29, 1.82) is 0 Å². The van der Waals surface area contributed by atoms with E-state index in [1.165, 1.54) is 0 Å². The van der Waals surface area contributed by atoms with Crippen molar-refractivity contribution in [2.75, 3.05) is 11.5 Å². The fourth-order valence-corrected chi connectivity index (χ4v) is 6.01. The van der Waals surface area contributed by atoms with Gasteiger partial charge in [-0.1, -0.05) is 28.9 Å². The van der Waals surface area contributed by atoms with Gasteiger partial charge in [0.2, 0.25) is 0 Å². The molecule has 180 valence electrons. The molecule has 1 amide bonds. The fraction of sp³-hybridized carbons (Fsp3) is 0.360. The number of halogens is 1. The first-order chi connectivity index (χ1) is 16.1. The summed E-state index contributed by atoms with van der Waals surface area (Å²) >= 11 is 6.12. The highest BCUT2D eigenvalue weighted by Gasteiger charge is 2.36. The Bertz CT molecular complexity index is 1300. The Hall–Kier alpha value is -2.84. The van der Waals surface area contributed by atoms with Crippen LogP contribution < -0.4 is 4.74 Å². The lowest BCUT2D eigenvalue weighted by atomic mass is 10.1. The van der Waals surface area contributed by atoms with Crippen LogP contribution in [0, 0.1) is 6.92 Å². The summed E-state index contributed by atoms with van der Waals surface area (Å²) in [5, 5.41) is 4.56. The zero-order valence-electron chi connectivity index (χ0n) is 19.3. The van der Waals surface area contributed by atoms with E-state index in [9.17, 15) is 13.2 Å². The summed E-state index contributed by atoms with van der Waals surface area (Å²) in [6.45, 7) is 6.10. The van der Waals surface area contributed by atoms with Gasteiger partial charge in [-0.25, -0.2) is 8.42 Å². The number of amides is 1. The van der Waals surface area contributed by atoms with Crippen molar-refractivity contribution < 1.29 is 22.5 Å². The molecule has 1 fully saturated rings. The Kier molecular flexibility index (Phi) is 7.00. The fourth-order valence-electron chi connectivity index (χ4n) is 4.07. The number of aryl methyl sites for hydroxylation is 1. The Labute approximate surface area is 204 Å². The van der Waals surface area contributed by atoms with Crippen LogP contribution in [0.2, 0.25) is 5.02 Å². The van der Waals surface area contributed by atoms with Gasteiger partial charge in [-0.15, -0.1) is 0 Å². The van der Waals surface area contributed by atoms with Crippen LogP contribution in [0.3, 0.4) is 0 Å². The Morgan fingerprint density at radius 3 is 2.68 bits per heavy atom. The third kappa shape index (κ3) is 5.62. The van der Waals surface area contributed by atoms with Gasteiger partial charge in [0.1, 0.15) is 5.75 Å². The molecule has 34 heavy (non-hydrogen) atoms. The number of carbonyl (C=O) groups excluding carboxylic acids is 1. The molecule has 1 unspecified atom stereocenters. The second-order valence-electron chi connectivity index (χ2n) is 8.84. The maximum absolute atomic E-state index is 13.5. The zero-order valence-corrected chi connectivity index (χ0v) is 20.9. The lowest BCUT2D eigenvalue weighted by Crippen LogP contribution is -2.40. The van der Waals surface area contributed by atoms with Crippen molar-refractivity contribution in [3.63, 3.8) is 0 Å². The predicted molar refractivity (Wildman–Crippen MR) is 131 cm³/mol. The molecule has 7 nitrogen and oxygen atoms in total. The molecule has 1 aliphatic rings. The van der Waals surface area contributed by atoms with Crippen LogP contribution in [-0.4, -0.2) is 48.0 Å². The quantitative estimate of drug-likeness (QED) is 0.455. The summed E-state index contributed by atoms with van der Waals surface area (Å²) in [6, 6.07) is 14.0. The van der Waals surface area contributed by atoms with Gasteiger partial charge in [-0.05, 0) is 68.7 Å². The molecule has 0 bridgehead atoms. The van der Waals surface area contributed by atoms with E-state index in [4.69, 9.17) is 20.9 Å². The van der Waals surface area contributed by atoms with Crippen LogP contribution in [-0.2, 0) is 16.4 Å². The molecule has 1 atom stereocenters. The number of carbonyl (C=O) groups is 1. The van der Waals surface area contributed by atoms with Crippen LogP contribution >= 0.6 is 11.6 Å². The van der Waals surface area contributed by atoms with Crippen molar-refractivity contribution in [3.05, 3.63) is 70.4 Å². The SMILES string of the molecule is Cc1cc(-c2cc(C(=O)N(Cc3cccc(Cl)c3)C3CCS(=O)(=O)C3)no2)ccc1OC(C)C. The van der Waals surface area contributed by atoms with Crippen molar-refractivity contribution in [2.45, 2.75) is 45.9 Å². The van der Waals surface area contributed by atoms with Gasteiger partial charge < -0.3 is 14.2 Å². The van der Waals surface area contributed by atoms with E-state index in [1.54, 1.807) is 29.2 Å². The molecule has 0 aliphatic carbocycles. The number of benzene rings is 2. The first-order valence-electron chi connectivity index (χ1n) is 11.1. The molecule has 3 aromatic rings. The largest absolute Gasteiger partial charge is 0.491 e. The van der Waals surface area contributed by atoms with E-state index >= 15 is 0 Å². The van der Waals surface area contributed by atoms with E-state index in [0.29, 0.717) is 17.2 Å². The highest BCUT2D eigenvalue weighted by Crippen LogP contribution is 2.29. The normalized spacial score (nSPS) is 17.1. The average molecular weight is 503 g/mol. The van der Waals surface area contributed by atoms with Gasteiger partial charge in [0, 0.05) is 29.2 Å². The number of hydrogen-bond acceptors (Lipinski definition) is 6. The minimum absolute atomic E-state index is 0.0592. The predicted octanol–water partition coefficient (Wildman–Crippen LogP) is 4.92. The first kappa shape index (κ1) is 24.3. The summed E-state index contributed by atoms with van der Waals surface area (Å²) in [7, 11) is -3.19. The first-order valence-corrected chi connectivity index (χ1v) is 13.3. The summed E-state index contributed by atoms with van der Waals surface area (Å²) in [5.41, 5.74) is 2.64. The van der Waals surface area contributed by atoms with Gasteiger partial charge in [0.15, 0.2) is 21.3 Å². The Morgan fingerprint density at radius 2 is 2.03 bits per heavy atom. The minimum atomic E-state index is -3.19. The highest BCUT2D eigenvalue weighted by atomic mass is 35.5. The van der Waals surface area contributed by atoms with Gasteiger partial charge >= 0.3 is 0 Å². The molecule has 0 radical (unpaired) electrons. The van der Waals surface area contributed by atoms with Gasteiger partial charge in [0.05, 0.1) is 17.6 Å². The average Bonchev–Trinajstić information content (AvgIpc) is 3.39. The van der Waals surface area contributed by atoms with Crippen molar-refractivity contribution in [3.8, 4) is 17.1 Å². The molecule has 1 saturated heterocycles. The number of nitrogens with zero attached hydrogens (tertiary/aromatic N) is 2. The number of ether oxygens (including phenoxy) is 1. The minimum Gasteiger partial charge on any atom is -0.491 e. The van der Waals surface area contributed by atoms with E-state index < -0.39 is 15.9 Å². The van der Waals surface area contributed by atoms with Crippen molar-refractivity contribution >= 4 is 27.3 Å². The maximum Gasteiger partial charge on any atom is 0.276 e. The topological polar surface area (TPSA) is 89.7 Å². The molecule has 0 spiro atoms. The van der Waals surface area contributed by atoms with Crippen LogP contribution in [0.25, 0.3) is 11.3 Å². The number of hydrogen-bond donors (Lipinski definition) is 0. The zero-order chi connectivity index (χ0) is 24.5.